The van der Waals surface area contributed by atoms with Crippen molar-refractivity contribution in [3.8, 4) is 0 Å². The number of nitrogens with two attached hydrogens (primary N) is 1. The molecule has 2 N–H and O–H groups in total. The number of anilines is 1. The zero-order valence-corrected chi connectivity index (χ0v) is 10.5. The highest BCUT2D eigenvalue weighted by Crippen LogP contribution is 2.18. The van der Waals surface area contributed by atoms with E-state index in [1.165, 1.54) is 11.1 Å². The van der Waals surface area contributed by atoms with Crippen LogP contribution in [0.5, 0.6) is 0 Å². The van der Waals surface area contributed by atoms with E-state index in [0.29, 0.717) is 18.7 Å². The van der Waals surface area contributed by atoms with E-state index in [0.717, 1.165) is 5.69 Å². The molecule has 3 nitrogen and oxygen atoms in total. The van der Waals surface area contributed by atoms with E-state index >= 15 is 0 Å². The fourth-order valence-electron chi connectivity index (χ4n) is 1.59. The summed E-state index contributed by atoms with van der Waals surface area (Å²) in [5.74, 6) is 0. The van der Waals surface area contributed by atoms with Gasteiger partial charge >= 0.3 is 6.18 Å². The summed E-state index contributed by atoms with van der Waals surface area (Å²) < 4.78 is 37.1. The summed E-state index contributed by atoms with van der Waals surface area (Å²) in [6.07, 6.45) is -2.17. The van der Waals surface area contributed by atoms with Crippen molar-refractivity contribution in [1.29, 1.82) is 0 Å². The molecule has 0 atom stereocenters. The Kier molecular flexibility index (Phi) is 4.95. The molecule has 6 heteroatoms. The fourth-order valence-corrected chi connectivity index (χ4v) is 1.59. The Balaban J connectivity index is 2.54. The van der Waals surface area contributed by atoms with Crippen molar-refractivity contribution in [2.24, 2.45) is 0 Å². The first-order valence-corrected chi connectivity index (χ1v) is 5.79. The van der Waals surface area contributed by atoms with E-state index < -0.39 is 12.7 Å². The molecule has 0 aliphatic rings. The van der Waals surface area contributed by atoms with Crippen LogP contribution in [0, 0.1) is 0 Å². The second-order valence-electron chi connectivity index (χ2n) is 4.51. The molecule has 1 heterocycles. The molecule has 0 bridgehead atoms. The zero-order chi connectivity index (χ0) is 13.8. The van der Waals surface area contributed by atoms with Crippen molar-refractivity contribution >= 4 is 5.69 Å². The highest BCUT2D eigenvalue weighted by molar-refractivity contribution is 5.34. The zero-order valence-electron chi connectivity index (χ0n) is 10.5. The molecular weight excluding hydrogens is 243 g/mol. The lowest BCUT2D eigenvalue weighted by molar-refractivity contribution is -0.149. The van der Waals surface area contributed by atoms with Crippen molar-refractivity contribution in [1.82, 2.24) is 9.88 Å². The molecule has 0 aliphatic carbocycles. The summed E-state index contributed by atoms with van der Waals surface area (Å²) in [4.78, 5) is 5.46. The Hall–Kier alpha value is -1.30. The largest absolute Gasteiger partial charge is 0.401 e. The van der Waals surface area contributed by atoms with E-state index in [2.05, 4.69) is 4.98 Å². The molecular formula is C12H18F3N3. The third-order valence-electron chi connectivity index (χ3n) is 2.62. The summed E-state index contributed by atoms with van der Waals surface area (Å²) in [6, 6.07) is 3.29. The lowest BCUT2D eigenvalue weighted by Crippen LogP contribution is -2.40. The van der Waals surface area contributed by atoms with Crippen LogP contribution < -0.4 is 5.73 Å². The number of alkyl halides is 3. The first-order chi connectivity index (χ1) is 8.28. The fraction of sp³-hybridized carbons (Fsp3) is 0.583. The van der Waals surface area contributed by atoms with Gasteiger partial charge in [-0.2, -0.15) is 13.2 Å². The Morgan fingerprint density at radius 3 is 2.44 bits per heavy atom. The number of aromatic nitrogens is 1. The number of pyridine rings is 1. The quantitative estimate of drug-likeness (QED) is 0.885. The van der Waals surface area contributed by atoms with Gasteiger partial charge in [0.2, 0.25) is 0 Å². The molecule has 0 fully saturated rings. The lowest BCUT2D eigenvalue weighted by Gasteiger charge is -2.27. The maximum absolute atomic E-state index is 12.4. The summed E-state index contributed by atoms with van der Waals surface area (Å²) in [6.45, 7) is 2.94. The SMILES string of the molecule is CC(C)N(CCc1ccc(N)cn1)CC(F)(F)F. The Morgan fingerprint density at radius 1 is 1.33 bits per heavy atom. The number of hydrogen-bond acceptors (Lipinski definition) is 3. The highest BCUT2D eigenvalue weighted by Gasteiger charge is 2.31. The molecule has 1 aromatic heterocycles. The Bertz CT molecular complexity index is 360. The number of hydrogen-bond donors (Lipinski definition) is 1. The number of nitrogens with zero attached hydrogens (tertiary/aromatic N) is 2. The van der Waals surface area contributed by atoms with E-state index in [1.54, 1.807) is 26.0 Å². The highest BCUT2D eigenvalue weighted by atomic mass is 19.4. The van der Waals surface area contributed by atoms with E-state index in [4.69, 9.17) is 5.73 Å². The van der Waals surface area contributed by atoms with Crippen molar-refractivity contribution < 1.29 is 13.2 Å². The summed E-state index contributed by atoms with van der Waals surface area (Å²) in [5.41, 5.74) is 6.79. The predicted octanol–water partition coefficient (Wildman–Crippen LogP) is 2.48. The van der Waals surface area contributed by atoms with Crippen molar-refractivity contribution in [2.75, 3.05) is 18.8 Å². The molecule has 102 valence electrons. The van der Waals surface area contributed by atoms with E-state index in [-0.39, 0.29) is 6.04 Å². The van der Waals surface area contributed by atoms with Gasteiger partial charge < -0.3 is 5.73 Å². The van der Waals surface area contributed by atoms with Crippen LogP contribution in [0.2, 0.25) is 0 Å². The number of rotatable bonds is 5. The molecule has 0 radical (unpaired) electrons. The van der Waals surface area contributed by atoms with Gasteiger partial charge in [0.05, 0.1) is 18.4 Å². The van der Waals surface area contributed by atoms with Crippen molar-refractivity contribution in [3.63, 3.8) is 0 Å². The maximum atomic E-state index is 12.4. The molecule has 0 aromatic carbocycles. The molecule has 0 aliphatic heterocycles. The van der Waals surface area contributed by atoms with Gasteiger partial charge in [0.25, 0.3) is 0 Å². The van der Waals surface area contributed by atoms with Gasteiger partial charge in [0.1, 0.15) is 0 Å². The number of halogens is 3. The van der Waals surface area contributed by atoms with Crippen LogP contribution in [-0.2, 0) is 6.42 Å². The Morgan fingerprint density at radius 2 is 2.00 bits per heavy atom. The topological polar surface area (TPSA) is 42.1 Å². The van der Waals surface area contributed by atoms with Crippen LogP contribution in [0.1, 0.15) is 19.5 Å². The second kappa shape index (κ2) is 6.04. The molecule has 1 aromatic rings. The van der Waals surface area contributed by atoms with Crippen LogP contribution in [-0.4, -0.2) is 35.2 Å². The van der Waals surface area contributed by atoms with Gasteiger partial charge in [-0.15, -0.1) is 0 Å². The molecule has 1 rings (SSSR count). The van der Waals surface area contributed by atoms with Crippen LogP contribution in [0.3, 0.4) is 0 Å². The van der Waals surface area contributed by atoms with Crippen molar-refractivity contribution in [3.05, 3.63) is 24.0 Å². The summed E-state index contributed by atoms with van der Waals surface area (Å²) in [5, 5.41) is 0. The summed E-state index contributed by atoms with van der Waals surface area (Å²) >= 11 is 0. The smallest absolute Gasteiger partial charge is 0.397 e. The van der Waals surface area contributed by atoms with Gasteiger partial charge in [-0.1, -0.05) is 0 Å². The van der Waals surface area contributed by atoms with Crippen LogP contribution in [0.15, 0.2) is 18.3 Å². The Labute approximate surface area is 105 Å². The molecule has 18 heavy (non-hydrogen) atoms. The average molecular weight is 261 g/mol. The number of nitrogen functional groups attached to an aromatic ring is 1. The molecule has 0 unspecified atom stereocenters. The molecule has 0 saturated heterocycles. The van der Waals surface area contributed by atoms with Crippen LogP contribution in [0.4, 0.5) is 18.9 Å². The third-order valence-corrected chi connectivity index (χ3v) is 2.62. The van der Waals surface area contributed by atoms with E-state index in [1.807, 2.05) is 0 Å². The van der Waals surface area contributed by atoms with Gasteiger partial charge in [-0.3, -0.25) is 9.88 Å². The van der Waals surface area contributed by atoms with Gasteiger partial charge in [-0.25, -0.2) is 0 Å². The van der Waals surface area contributed by atoms with Gasteiger partial charge in [0.15, 0.2) is 0 Å². The summed E-state index contributed by atoms with van der Waals surface area (Å²) in [7, 11) is 0. The predicted molar refractivity (Wildman–Crippen MR) is 65.1 cm³/mol. The molecule has 0 spiro atoms. The van der Waals surface area contributed by atoms with Gasteiger partial charge in [-0.05, 0) is 26.0 Å². The molecule has 0 saturated carbocycles. The van der Waals surface area contributed by atoms with E-state index in [9.17, 15) is 13.2 Å². The normalized spacial score (nSPS) is 12.4. The molecule has 0 amide bonds. The first kappa shape index (κ1) is 14.8. The average Bonchev–Trinajstić information content (AvgIpc) is 2.24. The second-order valence-corrected chi connectivity index (χ2v) is 4.51. The van der Waals surface area contributed by atoms with Gasteiger partial charge in [0, 0.05) is 24.7 Å². The third kappa shape index (κ3) is 5.35. The van der Waals surface area contributed by atoms with Crippen LogP contribution >= 0.6 is 0 Å². The van der Waals surface area contributed by atoms with Crippen molar-refractivity contribution in [2.45, 2.75) is 32.5 Å². The van der Waals surface area contributed by atoms with Crippen LogP contribution in [0.25, 0.3) is 0 Å². The standard InChI is InChI=1S/C12H18F3N3/c1-9(2)18(8-12(13,14)15)6-5-11-4-3-10(16)7-17-11/h3-4,7,9H,5-6,8,16H2,1-2H3. The lowest BCUT2D eigenvalue weighted by atomic mass is 10.2. The minimum atomic E-state index is -4.17. The monoisotopic (exact) mass is 261 g/mol. The maximum Gasteiger partial charge on any atom is 0.401 e. The minimum absolute atomic E-state index is 0.152. The first-order valence-electron chi connectivity index (χ1n) is 5.79. The minimum Gasteiger partial charge on any atom is -0.397 e.